The average molecular weight is 300 g/mol. The molecule has 0 fully saturated rings. The van der Waals surface area contributed by atoms with Gasteiger partial charge < -0.3 is 4.74 Å². The highest BCUT2D eigenvalue weighted by molar-refractivity contribution is 6.31. The van der Waals surface area contributed by atoms with Crippen LogP contribution in [0.3, 0.4) is 0 Å². The summed E-state index contributed by atoms with van der Waals surface area (Å²) in [6.07, 6.45) is 0. The maximum atomic E-state index is 13.4. The Hall–Kier alpha value is -2.21. The molecule has 0 aliphatic rings. The highest BCUT2D eigenvalue weighted by Gasteiger charge is 2.14. The number of ether oxygens (including phenoxy) is 1. The van der Waals surface area contributed by atoms with E-state index in [4.69, 9.17) is 16.3 Å². The van der Waals surface area contributed by atoms with Crippen molar-refractivity contribution in [2.24, 2.45) is 0 Å². The standard InChI is InChI=1S/C13H8ClF2NO3/c14-11-5-9(15)2-1-8(11)7-20-10-3-4-13(17(18)19)12(16)6-10/h1-6H,7H2. The molecule has 0 N–H and O–H groups in total. The number of nitro groups is 1. The first-order valence-electron chi connectivity index (χ1n) is 5.48. The summed E-state index contributed by atoms with van der Waals surface area (Å²) in [6, 6.07) is 7.00. The summed E-state index contributed by atoms with van der Waals surface area (Å²) in [5.74, 6) is -1.34. The SMILES string of the molecule is O=[N+]([O-])c1ccc(OCc2ccc(F)cc2Cl)cc1F. The van der Waals surface area contributed by atoms with Gasteiger partial charge in [0.2, 0.25) is 5.82 Å². The number of halogens is 3. The Morgan fingerprint density at radius 1 is 1.20 bits per heavy atom. The summed E-state index contributed by atoms with van der Waals surface area (Å²) in [5, 5.41) is 10.6. The lowest BCUT2D eigenvalue weighted by molar-refractivity contribution is -0.387. The van der Waals surface area contributed by atoms with Crippen molar-refractivity contribution in [3.8, 4) is 5.75 Å². The first kappa shape index (κ1) is 14.2. The van der Waals surface area contributed by atoms with Gasteiger partial charge in [-0.1, -0.05) is 17.7 Å². The van der Waals surface area contributed by atoms with Crippen molar-refractivity contribution in [1.29, 1.82) is 0 Å². The summed E-state index contributed by atoms with van der Waals surface area (Å²) >= 11 is 5.81. The molecule has 2 aromatic rings. The van der Waals surface area contributed by atoms with Crippen molar-refractivity contribution in [1.82, 2.24) is 0 Å². The second kappa shape index (κ2) is 5.83. The lowest BCUT2D eigenvalue weighted by Crippen LogP contribution is -1.98. The Morgan fingerprint density at radius 2 is 1.95 bits per heavy atom. The van der Waals surface area contributed by atoms with Gasteiger partial charge in [-0.25, -0.2) is 4.39 Å². The monoisotopic (exact) mass is 299 g/mol. The van der Waals surface area contributed by atoms with E-state index in [1.165, 1.54) is 18.2 Å². The van der Waals surface area contributed by atoms with Crippen molar-refractivity contribution in [2.75, 3.05) is 0 Å². The van der Waals surface area contributed by atoms with Crippen LogP contribution in [-0.2, 0) is 6.61 Å². The normalized spacial score (nSPS) is 10.3. The molecular formula is C13H8ClF2NO3. The van der Waals surface area contributed by atoms with Gasteiger partial charge >= 0.3 is 5.69 Å². The zero-order valence-electron chi connectivity index (χ0n) is 9.98. The van der Waals surface area contributed by atoms with Crippen LogP contribution in [0, 0.1) is 21.7 Å². The van der Waals surface area contributed by atoms with Gasteiger partial charge in [-0.15, -0.1) is 0 Å². The number of benzene rings is 2. The van der Waals surface area contributed by atoms with Gasteiger partial charge in [-0.2, -0.15) is 4.39 Å². The Labute approximate surface area is 117 Å². The van der Waals surface area contributed by atoms with Crippen LogP contribution in [0.1, 0.15) is 5.56 Å². The van der Waals surface area contributed by atoms with Crippen LogP contribution < -0.4 is 4.74 Å². The molecule has 0 aliphatic heterocycles. The van der Waals surface area contributed by atoms with Crippen molar-refractivity contribution in [2.45, 2.75) is 6.61 Å². The molecule has 7 heteroatoms. The predicted octanol–water partition coefficient (Wildman–Crippen LogP) is 4.11. The second-order valence-corrected chi connectivity index (χ2v) is 4.30. The molecule has 0 unspecified atom stereocenters. The van der Waals surface area contributed by atoms with E-state index in [0.29, 0.717) is 5.56 Å². The predicted molar refractivity (Wildman–Crippen MR) is 68.8 cm³/mol. The van der Waals surface area contributed by atoms with Crippen LogP contribution in [-0.4, -0.2) is 4.92 Å². The number of nitrogens with zero attached hydrogens (tertiary/aromatic N) is 1. The second-order valence-electron chi connectivity index (χ2n) is 3.89. The lowest BCUT2D eigenvalue weighted by Gasteiger charge is -2.08. The smallest absolute Gasteiger partial charge is 0.305 e. The molecule has 20 heavy (non-hydrogen) atoms. The van der Waals surface area contributed by atoms with Gasteiger partial charge in [0.25, 0.3) is 0 Å². The summed E-state index contributed by atoms with van der Waals surface area (Å²) in [5.41, 5.74) is -0.107. The number of hydrogen-bond donors (Lipinski definition) is 0. The Balaban J connectivity index is 2.11. The first-order valence-corrected chi connectivity index (χ1v) is 5.86. The maximum absolute atomic E-state index is 13.4. The van der Waals surface area contributed by atoms with Gasteiger partial charge in [-0.3, -0.25) is 10.1 Å². The highest BCUT2D eigenvalue weighted by atomic mass is 35.5. The van der Waals surface area contributed by atoms with Crippen molar-refractivity contribution in [3.63, 3.8) is 0 Å². The van der Waals surface area contributed by atoms with E-state index in [2.05, 4.69) is 0 Å². The van der Waals surface area contributed by atoms with Gasteiger partial charge in [-0.05, 0) is 18.2 Å². The molecule has 0 aromatic heterocycles. The molecule has 0 atom stereocenters. The molecule has 0 heterocycles. The molecule has 0 bridgehead atoms. The molecule has 2 aromatic carbocycles. The zero-order chi connectivity index (χ0) is 14.7. The average Bonchev–Trinajstić information content (AvgIpc) is 2.37. The molecule has 2 rings (SSSR count). The molecule has 0 aliphatic carbocycles. The zero-order valence-corrected chi connectivity index (χ0v) is 10.7. The fourth-order valence-corrected chi connectivity index (χ4v) is 1.75. The van der Waals surface area contributed by atoms with Gasteiger partial charge in [0, 0.05) is 17.7 Å². The van der Waals surface area contributed by atoms with E-state index in [1.807, 2.05) is 0 Å². The Kier molecular flexibility index (Phi) is 4.14. The van der Waals surface area contributed by atoms with Crippen LogP contribution in [0.4, 0.5) is 14.5 Å². The van der Waals surface area contributed by atoms with Gasteiger partial charge in [0.1, 0.15) is 18.2 Å². The van der Waals surface area contributed by atoms with Crippen LogP contribution in [0.5, 0.6) is 5.75 Å². The maximum Gasteiger partial charge on any atom is 0.305 e. The third-order valence-corrected chi connectivity index (χ3v) is 2.88. The van der Waals surface area contributed by atoms with E-state index in [0.717, 1.165) is 18.2 Å². The van der Waals surface area contributed by atoms with Crippen molar-refractivity contribution in [3.05, 3.63) is 68.7 Å². The van der Waals surface area contributed by atoms with Crippen molar-refractivity contribution < 1.29 is 18.4 Å². The van der Waals surface area contributed by atoms with E-state index >= 15 is 0 Å². The summed E-state index contributed by atoms with van der Waals surface area (Å²) in [6.45, 7) is -0.00361. The molecule has 0 spiro atoms. The molecule has 0 saturated carbocycles. The molecule has 4 nitrogen and oxygen atoms in total. The summed E-state index contributed by atoms with van der Waals surface area (Å²) in [7, 11) is 0. The van der Waals surface area contributed by atoms with Crippen LogP contribution in [0.2, 0.25) is 5.02 Å². The van der Waals surface area contributed by atoms with E-state index in [9.17, 15) is 18.9 Å². The van der Waals surface area contributed by atoms with Gasteiger partial charge in [0.15, 0.2) is 0 Å². The lowest BCUT2D eigenvalue weighted by atomic mass is 10.2. The molecule has 0 saturated heterocycles. The fourth-order valence-electron chi connectivity index (χ4n) is 1.53. The Morgan fingerprint density at radius 3 is 2.55 bits per heavy atom. The highest BCUT2D eigenvalue weighted by Crippen LogP contribution is 2.24. The number of rotatable bonds is 4. The number of hydrogen-bond acceptors (Lipinski definition) is 3. The minimum Gasteiger partial charge on any atom is -0.489 e. The Bertz CT molecular complexity index is 664. The largest absolute Gasteiger partial charge is 0.489 e. The minimum atomic E-state index is -0.988. The molecule has 0 radical (unpaired) electrons. The summed E-state index contributed by atoms with van der Waals surface area (Å²) in [4.78, 5) is 9.64. The molecular weight excluding hydrogens is 292 g/mol. The van der Waals surface area contributed by atoms with Gasteiger partial charge in [0.05, 0.1) is 9.95 Å². The fraction of sp³-hybridized carbons (Fsp3) is 0.0769. The van der Waals surface area contributed by atoms with E-state index in [-0.39, 0.29) is 17.4 Å². The van der Waals surface area contributed by atoms with Crippen LogP contribution in [0.15, 0.2) is 36.4 Å². The van der Waals surface area contributed by atoms with Crippen molar-refractivity contribution >= 4 is 17.3 Å². The summed E-state index contributed by atoms with van der Waals surface area (Å²) < 4.78 is 31.5. The quantitative estimate of drug-likeness (QED) is 0.630. The van der Waals surface area contributed by atoms with Crippen LogP contribution >= 0.6 is 11.6 Å². The first-order chi connectivity index (χ1) is 9.47. The minimum absolute atomic E-state index is 0.00361. The topological polar surface area (TPSA) is 52.4 Å². The molecule has 0 amide bonds. The third kappa shape index (κ3) is 3.21. The third-order valence-electron chi connectivity index (χ3n) is 2.53. The molecule has 104 valence electrons. The number of nitro benzene ring substituents is 1. The van der Waals surface area contributed by atoms with E-state index in [1.54, 1.807) is 0 Å². The van der Waals surface area contributed by atoms with E-state index < -0.39 is 22.2 Å². The van der Waals surface area contributed by atoms with Crippen LogP contribution in [0.25, 0.3) is 0 Å².